The third-order valence-corrected chi connectivity index (χ3v) is 5.62. The van der Waals surface area contributed by atoms with Gasteiger partial charge in [-0.2, -0.15) is 4.57 Å². The number of hydrogen-bond acceptors (Lipinski definition) is 4. The van der Waals surface area contributed by atoms with Crippen molar-refractivity contribution < 1.29 is 36.0 Å². The molecule has 1 aliphatic rings. The van der Waals surface area contributed by atoms with Gasteiger partial charge in [0.2, 0.25) is 18.2 Å². The van der Waals surface area contributed by atoms with Crippen molar-refractivity contribution in [3.05, 3.63) is 120 Å². The number of benzene rings is 3. The number of Topliss-reactive ketones (excluding diaryl/α,β-unsaturated/α-hetero) is 1. The van der Waals surface area contributed by atoms with E-state index in [1.54, 1.807) is 47.3 Å². The summed E-state index contributed by atoms with van der Waals surface area (Å²) in [4.78, 5) is 24.2. The number of aromatic nitrogens is 1. The van der Waals surface area contributed by atoms with Gasteiger partial charge in [0, 0.05) is 35.7 Å². The van der Waals surface area contributed by atoms with Crippen LogP contribution in [0.3, 0.4) is 0 Å². The second-order valence-corrected chi connectivity index (χ2v) is 8.08. The van der Waals surface area contributed by atoms with Crippen LogP contribution in [-0.2, 0) is 17.1 Å². The predicted molar refractivity (Wildman–Crippen MR) is 127 cm³/mol. The van der Waals surface area contributed by atoms with E-state index in [2.05, 4.69) is 5.32 Å². The highest BCUT2D eigenvalue weighted by molar-refractivity contribution is 5.95. The molecule has 0 unspecified atom stereocenters. The maximum atomic E-state index is 13.0. The average Bonchev–Trinajstić information content (AvgIpc) is 3.26. The molecule has 35 heavy (non-hydrogen) atoms. The first kappa shape index (κ1) is 24.0. The smallest absolute Gasteiger partial charge is 0.305 e. The van der Waals surface area contributed by atoms with Crippen LogP contribution in [0.4, 0.5) is 5.69 Å². The van der Waals surface area contributed by atoms with E-state index in [1.807, 2.05) is 60.7 Å². The van der Waals surface area contributed by atoms with Gasteiger partial charge in [-0.05, 0) is 18.2 Å². The van der Waals surface area contributed by atoms with Gasteiger partial charge in [0.1, 0.15) is 0 Å². The van der Waals surface area contributed by atoms with Gasteiger partial charge in [-0.1, -0.05) is 60.7 Å². The van der Waals surface area contributed by atoms with Crippen molar-refractivity contribution in [3.63, 3.8) is 0 Å². The van der Waals surface area contributed by atoms with E-state index in [4.69, 9.17) is 9.47 Å². The van der Waals surface area contributed by atoms with Crippen LogP contribution in [0.2, 0.25) is 0 Å². The highest BCUT2D eigenvalue weighted by atomic mass is 35.5. The van der Waals surface area contributed by atoms with Crippen molar-refractivity contribution in [2.24, 2.45) is 0 Å². The highest BCUT2D eigenvalue weighted by Gasteiger charge is 2.45. The molecule has 1 aromatic heterocycles. The van der Waals surface area contributed by atoms with E-state index in [0.29, 0.717) is 22.7 Å². The predicted octanol–water partition coefficient (Wildman–Crippen LogP) is 1.49. The number of ketones is 1. The Kier molecular flexibility index (Phi) is 6.85. The molecule has 0 atom stereocenters. The number of rotatable bonds is 6. The molecule has 0 radical (unpaired) electrons. The van der Waals surface area contributed by atoms with E-state index >= 15 is 0 Å². The zero-order valence-corrected chi connectivity index (χ0v) is 19.7. The molecule has 176 valence electrons. The van der Waals surface area contributed by atoms with Crippen LogP contribution in [0.15, 0.2) is 103 Å². The average molecular weight is 487 g/mol. The summed E-state index contributed by atoms with van der Waals surface area (Å²) < 4.78 is 14.6. The highest BCUT2D eigenvalue weighted by Crippen LogP contribution is 2.47. The number of pyridine rings is 1. The Balaban J connectivity index is 0.00000289. The Bertz CT molecular complexity index is 1300. The van der Waals surface area contributed by atoms with Crippen LogP contribution in [0.25, 0.3) is 0 Å². The minimum absolute atomic E-state index is 0. The third kappa shape index (κ3) is 4.88. The maximum Gasteiger partial charge on any atom is 0.305 e. The number of ether oxygens (including phenoxy) is 2. The third-order valence-electron chi connectivity index (χ3n) is 5.62. The van der Waals surface area contributed by atoms with E-state index in [0.717, 1.165) is 11.1 Å². The van der Waals surface area contributed by atoms with Crippen LogP contribution in [-0.4, -0.2) is 11.7 Å². The van der Waals surface area contributed by atoms with E-state index < -0.39 is 5.79 Å². The van der Waals surface area contributed by atoms with Crippen molar-refractivity contribution in [2.45, 2.75) is 19.3 Å². The molecule has 5 rings (SSSR count). The summed E-state index contributed by atoms with van der Waals surface area (Å²) >= 11 is 0. The summed E-state index contributed by atoms with van der Waals surface area (Å²) in [5.74, 6) is -0.237. The molecule has 0 bridgehead atoms. The van der Waals surface area contributed by atoms with E-state index in [9.17, 15) is 9.59 Å². The normalized spacial score (nSPS) is 12.9. The Labute approximate surface area is 209 Å². The summed E-state index contributed by atoms with van der Waals surface area (Å²) in [5.41, 5.74) is 2.93. The van der Waals surface area contributed by atoms with Crippen molar-refractivity contribution in [1.29, 1.82) is 0 Å². The Morgan fingerprint density at radius 3 is 1.94 bits per heavy atom. The fourth-order valence-electron chi connectivity index (χ4n) is 4.00. The Morgan fingerprint density at radius 2 is 1.37 bits per heavy atom. The van der Waals surface area contributed by atoms with Crippen LogP contribution >= 0.6 is 0 Å². The number of carbonyl (C=O) groups is 2. The molecule has 3 aromatic carbocycles. The largest absolute Gasteiger partial charge is 1.00 e. The van der Waals surface area contributed by atoms with Crippen LogP contribution < -0.4 is 31.8 Å². The van der Waals surface area contributed by atoms with Gasteiger partial charge in [0.25, 0.3) is 0 Å². The summed E-state index contributed by atoms with van der Waals surface area (Å²) in [6, 6.07) is 28.3. The molecule has 0 aliphatic carbocycles. The van der Waals surface area contributed by atoms with Crippen molar-refractivity contribution in [3.8, 4) is 11.5 Å². The maximum absolute atomic E-state index is 13.0. The topological polar surface area (TPSA) is 68.5 Å². The van der Waals surface area contributed by atoms with Crippen LogP contribution in [0, 0.1) is 0 Å². The Hall–Kier alpha value is -4.16. The molecule has 4 aromatic rings. The van der Waals surface area contributed by atoms with Crippen molar-refractivity contribution in [1.82, 2.24) is 0 Å². The number of hydrogen-bond donors (Lipinski definition) is 1. The lowest BCUT2D eigenvalue weighted by Crippen LogP contribution is -3.00. The molecule has 0 fully saturated rings. The minimum Gasteiger partial charge on any atom is -1.00 e. The monoisotopic (exact) mass is 486 g/mol. The van der Waals surface area contributed by atoms with Crippen molar-refractivity contribution in [2.75, 3.05) is 5.32 Å². The number of amides is 1. The van der Waals surface area contributed by atoms with Gasteiger partial charge in [0.15, 0.2) is 23.9 Å². The molecule has 1 amide bonds. The minimum atomic E-state index is -1.12. The first-order valence-corrected chi connectivity index (χ1v) is 11.0. The fourth-order valence-corrected chi connectivity index (χ4v) is 4.00. The molecule has 1 aliphatic heterocycles. The standard InChI is InChI=1S/C28H22N2O4.ClH/c1-20(31)29-24-14-16-30(17-15-24)19-25(32)21-12-13-26-27(18-21)34-28(33-26,22-8-4-2-5-9-22)23-10-6-3-7-11-23;/h2-18H,19H2,1H3;1H. The molecule has 6 nitrogen and oxygen atoms in total. The first-order valence-electron chi connectivity index (χ1n) is 11.0. The SMILES string of the molecule is CC(=O)Nc1cc[n+](CC(=O)c2ccc3c(c2)OC(c2ccccc2)(c2ccccc2)O3)cc1.[Cl-]. The second kappa shape index (κ2) is 9.99. The van der Waals surface area contributed by atoms with Gasteiger partial charge < -0.3 is 27.2 Å². The zero-order chi connectivity index (χ0) is 23.5. The second-order valence-electron chi connectivity index (χ2n) is 8.08. The molecule has 1 N–H and O–H groups in total. The summed E-state index contributed by atoms with van der Waals surface area (Å²) in [5, 5.41) is 2.71. The van der Waals surface area contributed by atoms with Crippen LogP contribution in [0.1, 0.15) is 28.4 Å². The van der Waals surface area contributed by atoms with E-state index in [-0.39, 0.29) is 30.6 Å². The quantitative estimate of drug-likeness (QED) is 0.331. The fraction of sp³-hybridized carbons (Fsp3) is 0.107. The lowest BCUT2D eigenvalue weighted by atomic mass is 9.97. The lowest BCUT2D eigenvalue weighted by molar-refractivity contribution is -0.683. The summed E-state index contributed by atoms with van der Waals surface area (Å²) in [7, 11) is 0. The van der Waals surface area contributed by atoms with E-state index in [1.165, 1.54) is 6.92 Å². The van der Waals surface area contributed by atoms with Crippen LogP contribution in [0.5, 0.6) is 11.5 Å². The van der Waals surface area contributed by atoms with Gasteiger partial charge in [-0.25, -0.2) is 0 Å². The molecule has 0 saturated heterocycles. The Morgan fingerprint density at radius 1 is 0.800 bits per heavy atom. The summed E-state index contributed by atoms with van der Waals surface area (Å²) in [6.45, 7) is 1.61. The van der Waals surface area contributed by atoms with Crippen molar-refractivity contribution >= 4 is 17.4 Å². The number of carbonyl (C=O) groups excluding carboxylic acids is 2. The number of nitrogens with zero attached hydrogens (tertiary/aromatic N) is 1. The molecular formula is C28H23ClN2O4. The zero-order valence-electron chi connectivity index (χ0n) is 19.0. The summed E-state index contributed by atoms with van der Waals surface area (Å²) in [6.07, 6.45) is 3.51. The molecule has 2 heterocycles. The number of halogens is 1. The van der Waals surface area contributed by atoms with Gasteiger partial charge in [-0.3, -0.25) is 9.59 Å². The van der Waals surface area contributed by atoms with Gasteiger partial charge >= 0.3 is 5.79 Å². The number of nitrogens with one attached hydrogen (secondary N) is 1. The molecule has 0 saturated carbocycles. The van der Waals surface area contributed by atoms with Gasteiger partial charge in [-0.15, -0.1) is 0 Å². The molecular weight excluding hydrogens is 464 g/mol. The number of fused-ring (bicyclic) bond motifs is 1. The van der Waals surface area contributed by atoms with Gasteiger partial charge in [0.05, 0.1) is 5.69 Å². The lowest BCUT2D eigenvalue weighted by Gasteiger charge is -2.28. The molecule has 0 spiro atoms. The number of anilines is 1. The first-order chi connectivity index (χ1) is 16.5. The molecule has 7 heteroatoms.